The molecule has 1 aliphatic heterocycles. The lowest BCUT2D eigenvalue weighted by atomic mass is 9.89. The second kappa shape index (κ2) is 5.51. The van der Waals surface area contributed by atoms with Gasteiger partial charge in [-0.15, -0.1) is 0 Å². The van der Waals surface area contributed by atoms with Gasteiger partial charge in [0, 0.05) is 24.6 Å². The van der Waals surface area contributed by atoms with Crippen LogP contribution in [0.4, 0.5) is 0 Å². The molecule has 20 heavy (non-hydrogen) atoms. The molecule has 1 fully saturated rings. The van der Waals surface area contributed by atoms with Crippen molar-refractivity contribution >= 4 is 15.9 Å². The van der Waals surface area contributed by atoms with Crippen molar-refractivity contribution in [2.24, 2.45) is 5.41 Å². The van der Waals surface area contributed by atoms with Gasteiger partial charge in [0.05, 0.1) is 18.1 Å². The van der Waals surface area contributed by atoms with Crippen LogP contribution in [0.3, 0.4) is 0 Å². The molecule has 1 aromatic carbocycles. The lowest BCUT2D eigenvalue weighted by Gasteiger charge is -2.37. The Kier molecular flexibility index (Phi) is 4.12. The molecular weight excluding hydrogens is 280 g/mol. The van der Waals surface area contributed by atoms with E-state index in [1.165, 1.54) is 31.3 Å². The Hall–Kier alpha value is -1.44. The van der Waals surface area contributed by atoms with Crippen LogP contribution in [0.5, 0.6) is 0 Å². The lowest BCUT2D eigenvalue weighted by molar-refractivity contribution is -0.0965. The molecule has 2 rings (SSSR count). The normalized spacial score (nSPS) is 17.3. The number of amides is 1. The summed E-state index contributed by atoms with van der Waals surface area (Å²) < 4.78 is 31.9. The molecule has 0 unspecified atom stereocenters. The van der Waals surface area contributed by atoms with E-state index in [4.69, 9.17) is 4.74 Å². The van der Waals surface area contributed by atoms with Gasteiger partial charge in [0.1, 0.15) is 0 Å². The molecule has 0 spiro atoms. The van der Waals surface area contributed by atoms with Gasteiger partial charge >= 0.3 is 0 Å². The van der Waals surface area contributed by atoms with Gasteiger partial charge in [-0.05, 0) is 24.3 Å². The largest absolute Gasteiger partial charge is 0.380 e. The van der Waals surface area contributed by atoms with Crippen molar-refractivity contribution < 1.29 is 17.9 Å². The molecular formula is C13H18N2O4S. The van der Waals surface area contributed by atoms with E-state index in [2.05, 4.69) is 10.0 Å². The quantitative estimate of drug-likeness (QED) is 0.822. The first-order valence-corrected chi connectivity index (χ1v) is 7.74. The molecule has 0 radical (unpaired) electrons. The molecule has 7 heteroatoms. The fourth-order valence-corrected chi connectivity index (χ4v) is 3.03. The zero-order valence-corrected chi connectivity index (χ0v) is 12.3. The van der Waals surface area contributed by atoms with Crippen LogP contribution in [-0.4, -0.2) is 41.1 Å². The van der Waals surface area contributed by atoms with E-state index < -0.39 is 10.0 Å². The zero-order chi connectivity index (χ0) is 14.8. The third-order valence-electron chi connectivity index (χ3n) is 3.24. The number of carbonyl (C=O) groups is 1. The van der Waals surface area contributed by atoms with Gasteiger partial charge < -0.3 is 10.1 Å². The number of nitrogens with one attached hydrogen (secondary N) is 2. The van der Waals surface area contributed by atoms with Crippen LogP contribution in [0, 0.1) is 5.41 Å². The van der Waals surface area contributed by atoms with Gasteiger partial charge in [-0.1, -0.05) is 6.92 Å². The molecule has 110 valence electrons. The fraction of sp³-hybridized carbons (Fsp3) is 0.462. The maximum Gasteiger partial charge on any atom is 0.251 e. The third kappa shape index (κ3) is 3.17. The first-order chi connectivity index (χ1) is 9.36. The SMILES string of the molecule is CNC(=O)c1ccc(S(=O)(=O)NCC2(C)COC2)cc1. The van der Waals surface area contributed by atoms with Crippen molar-refractivity contribution in [2.45, 2.75) is 11.8 Å². The average molecular weight is 298 g/mol. The Morgan fingerprint density at radius 2 is 1.90 bits per heavy atom. The van der Waals surface area contributed by atoms with Gasteiger partial charge in [0.15, 0.2) is 0 Å². The summed E-state index contributed by atoms with van der Waals surface area (Å²) in [5, 5.41) is 2.48. The molecule has 1 heterocycles. The first-order valence-electron chi connectivity index (χ1n) is 6.26. The summed E-state index contributed by atoms with van der Waals surface area (Å²) in [6.45, 7) is 3.43. The van der Waals surface area contributed by atoms with Crippen molar-refractivity contribution in [1.82, 2.24) is 10.0 Å². The van der Waals surface area contributed by atoms with E-state index in [0.29, 0.717) is 25.3 Å². The molecule has 0 saturated carbocycles. The molecule has 0 aliphatic carbocycles. The number of benzene rings is 1. The predicted molar refractivity (Wildman–Crippen MR) is 73.9 cm³/mol. The number of hydrogen-bond acceptors (Lipinski definition) is 4. The lowest BCUT2D eigenvalue weighted by Crippen LogP contribution is -2.48. The Morgan fingerprint density at radius 1 is 1.30 bits per heavy atom. The van der Waals surface area contributed by atoms with Crippen LogP contribution >= 0.6 is 0 Å². The van der Waals surface area contributed by atoms with Crippen LogP contribution in [0.2, 0.25) is 0 Å². The standard InChI is InChI=1S/C13H18N2O4S/c1-13(8-19-9-13)7-15-20(17,18)11-5-3-10(4-6-11)12(16)14-2/h3-6,15H,7-9H2,1-2H3,(H,14,16). The third-order valence-corrected chi connectivity index (χ3v) is 4.66. The number of sulfonamides is 1. The number of ether oxygens (including phenoxy) is 1. The second-order valence-electron chi connectivity index (χ2n) is 5.23. The van der Waals surface area contributed by atoms with E-state index in [-0.39, 0.29) is 16.2 Å². The zero-order valence-electron chi connectivity index (χ0n) is 11.5. The van der Waals surface area contributed by atoms with E-state index in [1.54, 1.807) is 0 Å². The second-order valence-corrected chi connectivity index (χ2v) is 7.00. The van der Waals surface area contributed by atoms with Crippen LogP contribution in [0.15, 0.2) is 29.2 Å². The smallest absolute Gasteiger partial charge is 0.251 e. The van der Waals surface area contributed by atoms with Crippen LogP contribution < -0.4 is 10.0 Å². The van der Waals surface area contributed by atoms with Gasteiger partial charge in [-0.25, -0.2) is 13.1 Å². The van der Waals surface area contributed by atoms with Gasteiger partial charge in [0.2, 0.25) is 10.0 Å². The predicted octanol–water partition coefficient (Wildman–Crippen LogP) is 0.361. The Morgan fingerprint density at radius 3 is 2.35 bits per heavy atom. The minimum atomic E-state index is -3.56. The summed E-state index contributed by atoms with van der Waals surface area (Å²) in [5.74, 6) is -0.249. The summed E-state index contributed by atoms with van der Waals surface area (Å²) >= 11 is 0. The molecule has 1 aromatic rings. The molecule has 1 aliphatic rings. The molecule has 6 nitrogen and oxygen atoms in total. The Labute approximate surface area is 118 Å². The molecule has 2 N–H and O–H groups in total. The summed E-state index contributed by atoms with van der Waals surface area (Å²) in [7, 11) is -2.03. The van der Waals surface area contributed by atoms with Crippen molar-refractivity contribution in [3.05, 3.63) is 29.8 Å². The van der Waals surface area contributed by atoms with Crippen LogP contribution in [-0.2, 0) is 14.8 Å². The summed E-state index contributed by atoms with van der Waals surface area (Å²) in [6.07, 6.45) is 0. The summed E-state index contributed by atoms with van der Waals surface area (Å²) in [6, 6.07) is 5.82. The number of carbonyl (C=O) groups excluding carboxylic acids is 1. The molecule has 1 saturated heterocycles. The summed E-state index contributed by atoms with van der Waals surface area (Å²) in [4.78, 5) is 11.5. The minimum Gasteiger partial charge on any atom is -0.380 e. The van der Waals surface area contributed by atoms with Gasteiger partial charge in [-0.3, -0.25) is 4.79 Å². The first kappa shape index (κ1) is 15.0. The molecule has 0 atom stereocenters. The topological polar surface area (TPSA) is 84.5 Å². The van der Waals surface area contributed by atoms with E-state index in [9.17, 15) is 13.2 Å². The summed E-state index contributed by atoms with van der Waals surface area (Å²) in [5.41, 5.74) is 0.292. The van der Waals surface area contributed by atoms with E-state index in [0.717, 1.165) is 0 Å². The number of rotatable bonds is 5. The molecule has 0 aromatic heterocycles. The monoisotopic (exact) mass is 298 g/mol. The molecule has 1 amide bonds. The highest BCUT2D eigenvalue weighted by Crippen LogP contribution is 2.25. The molecule has 0 bridgehead atoms. The van der Waals surface area contributed by atoms with Gasteiger partial charge in [0.25, 0.3) is 5.91 Å². The van der Waals surface area contributed by atoms with E-state index >= 15 is 0 Å². The highest BCUT2D eigenvalue weighted by Gasteiger charge is 2.34. The van der Waals surface area contributed by atoms with Crippen molar-refractivity contribution in [3.8, 4) is 0 Å². The minimum absolute atomic E-state index is 0.130. The maximum atomic E-state index is 12.1. The maximum absolute atomic E-state index is 12.1. The van der Waals surface area contributed by atoms with Crippen molar-refractivity contribution in [1.29, 1.82) is 0 Å². The van der Waals surface area contributed by atoms with Gasteiger partial charge in [-0.2, -0.15) is 0 Å². The van der Waals surface area contributed by atoms with Crippen molar-refractivity contribution in [3.63, 3.8) is 0 Å². The fourth-order valence-electron chi connectivity index (χ4n) is 1.83. The van der Waals surface area contributed by atoms with E-state index in [1.807, 2.05) is 6.92 Å². The Bertz CT molecular complexity index is 591. The van der Waals surface area contributed by atoms with Crippen LogP contribution in [0.25, 0.3) is 0 Å². The van der Waals surface area contributed by atoms with Crippen molar-refractivity contribution in [2.75, 3.05) is 26.8 Å². The average Bonchev–Trinajstić information content (AvgIpc) is 2.42. The highest BCUT2D eigenvalue weighted by molar-refractivity contribution is 7.89. The number of hydrogen-bond donors (Lipinski definition) is 2. The van der Waals surface area contributed by atoms with Crippen LogP contribution in [0.1, 0.15) is 17.3 Å². The Balaban J connectivity index is 2.07. The highest BCUT2D eigenvalue weighted by atomic mass is 32.2.